The Morgan fingerprint density at radius 3 is 1.95 bits per heavy atom. The molecule has 0 aromatic rings. The summed E-state index contributed by atoms with van der Waals surface area (Å²) in [5.41, 5.74) is 0. The van der Waals surface area contributed by atoms with E-state index in [9.17, 15) is 14.4 Å². The monoisotopic (exact) mass is 269 g/mol. The van der Waals surface area contributed by atoms with Crippen LogP contribution in [0.25, 0.3) is 0 Å². The van der Waals surface area contributed by atoms with E-state index in [2.05, 4.69) is 0 Å². The molecule has 1 heterocycles. The number of nitrogens with zero attached hydrogens (tertiary/aromatic N) is 3. The van der Waals surface area contributed by atoms with Crippen molar-refractivity contribution >= 4 is 17.9 Å². The number of aliphatic carboxylic acids is 1. The lowest BCUT2D eigenvalue weighted by atomic mass is 10.2. The highest BCUT2D eigenvalue weighted by molar-refractivity contribution is 5.89. The molecule has 0 aromatic carbocycles. The standard InChI is InChI=1S/C12H19N3O4/c1-13(2)12(19)15-5-3-14(4-6-15)10(16)8-7-9(8)11(17)18/h8-9H,3-7H2,1-2H3,(H,17,18)/t8-,9+/m1/s1. The average molecular weight is 269 g/mol. The van der Waals surface area contributed by atoms with Crippen molar-refractivity contribution in [3.63, 3.8) is 0 Å². The third-order valence-electron chi connectivity index (χ3n) is 3.67. The summed E-state index contributed by atoms with van der Waals surface area (Å²) in [6.07, 6.45) is 0.449. The highest BCUT2D eigenvalue weighted by atomic mass is 16.4. The molecule has 2 aliphatic rings. The van der Waals surface area contributed by atoms with Crippen LogP contribution >= 0.6 is 0 Å². The molecule has 0 aromatic heterocycles. The van der Waals surface area contributed by atoms with Gasteiger partial charge in [0.15, 0.2) is 0 Å². The Bertz CT molecular complexity index is 402. The molecule has 2 rings (SSSR count). The van der Waals surface area contributed by atoms with Crippen LogP contribution in [0.1, 0.15) is 6.42 Å². The van der Waals surface area contributed by atoms with Crippen molar-refractivity contribution < 1.29 is 19.5 Å². The number of hydrogen-bond donors (Lipinski definition) is 1. The summed E-state index contributed by atoms with van der Waals surface area (Å²) >= 11 is 0. The van der Waals surface area contributed by atoms with Gasteiger partial charge >= 0.3 is 12.0 Å². The quantitative estimate of drug-likeness (QED) is 0.735. The van der Waals surface area contributed by atoms with Crippen LogP contribution < -0.4 is 0 Å². The van der Waals surface area contributed by atoms with Crippen molar-refractivity contribution in [3.05, 3.63) is 0 Å². The SMILES string of the molecule is CN(C)C(=O)N1CCN(C(=O)[C@@H]2C[C@@H]2C(=O)O)CC1. The second-order valence-electron chi connectivity index (χ2n) is 5.28. The lowest BCUT2D eigenvalue weighted by Gasteiger charge is -2.36. The maximum Gasteiger partial charge on any atom is 0.319 e. The normalized spacial score (nSPS) is 26.0. The molecule has 0 unspecified atom stereocenters. The second kappa shape index (κ2) is 5.07. The molecule has 7 heteroatoms. The lowest BCUT2D eigenvalue weighted by molar-refractivity contribution is -0.142. The molecule has 7 nitrogen and oxygen atoms in total. The fraction of sp³-hybridized carbons (Fsp3) is 0.750. The molecule has 106 valence electrons. The van der Waals surface area contributed by atoms with Crippen molar-refractivity contribution in [2.24, 2.45) is 11.8 Å². The zero-order valence-corrected chi connectivity index (χ0v) is 11.2. The van der Waals surface area contributed by atoms with Gasteiger partial charge in [-0.1, -0.05) is 0 Å². The minimum absolute atomic E-state index is 0.0538. The minimum Gasteiger partial charge on any atom is -0.481 e. The first kappa shape index (κ1) is 13.6. The van der Waals surface area contributed by atoms with E-state index in [0.717, 1.165) is 0 Å². The van der Waals surface area contributed by atoms with Crippen molar-refractivity contribution in [3.8, 4) is 0 Å². The van der Waals surface area contributed by atoms with Crippen LogP contribution in [0.2, 0.25) is 0 Å². The molecule has 1 saturated carbocycles. The Labute approximate surface area is 111 Å². The van der Waals surface area contributed by atoms with Crippen LogP contribution in [0.15, 0.2) is 0 Å². The van der Waals surface area contributed by atoms with Gasteiger partial charge in [-0.25, -0.2) is 4.79 Å². The summed E-state index contributed by atoms with van der Waals surface area (Å²) in [5, 5.41) is 8.82. The molecule has 2 fully saturated rings. The van der Waals surface area contributed by atoms with Gasteiger partial charge < -0.3 is 19.8 Å². The Morgan fingerprint density at radius 2 is 1.53 bits per heavy atom. The van der Waals surface area contributed by atoms with Crippen LogP contribution in [-0.4, -0.2) is 78.0 Å². The van der Waals surface area contributed by atoms with Gasteiger partial charge in [-0.05, 0) is 6.42 Å². The van der Waals surface area contributed by atoms with Gasteiger partial charge in [-0.2, -0.15) is 0 Å². The second-order valence-corrected chi connectivity index (χ2v) is 5.28. The number of piperazine rings is 1. The van der Waals surface area contributed by atoms with Gasteiger partial charge in [0.1, 0.15) is 0 Å². The summed E-state index contributed by atoms with van der Waals surface area (Å²) < 4.78 is 0. The van der Waals surface area contributed by atoms with E-state index in [4.69, 9.17) is 5.11 Å². The first-order chi connectivity index (χ1) is 8.91. The Balaban J connectivity index is 1.82. The van der Waals surface area contributed by atoms with Crippen LogP contribution in [0, 0.1) is 11.8 Å². The van der Waals surface area contributed by atoms with E-state index in [1.54, 1.807) is 23.9 Å². The molecular weight excluding hydrogens is 250 g/mol. The lowest BCUT2D eigenvalue weighted by Crippen LogP contribution is -2.53. The van der Waals surface area contributed by atoms with Gasteiger partial charge in [-0.3, -0.25) is 9.59 Å². The highest BCUT2D eigenvalue weighted by Crippen LogP contribution is 2.40. The number of hydrogen-bond acceptors (Lipinski definition) is 3. The van der Waals surface area contributed by atoms with Crippen molar-refractivity contribution in [1.29, 1.82) is 0 Å². The Kier molecular flexibility index (Phi) is 3.64. The van der Waals surface area contributed by atoms with Crippen LogP contribution in [0.4, 0.5) is 4.79 Å². The molecule has 0 bridgehead atoms. The molecule has 1 saturated heterocycles. The molecule has 2 atom stereocenters. The molecular formula is C12H19N3O4. The summed E-state index contributed by atoms with van der Waals surface area (Å²) in [7, 11) is 3.39. The molecule has 1 aliphatic carbocycles. The molecule has 1 aliphatic heterocycles. The predicted octanol–water partition coefficient (Wildman–Crippen LogP) is -0.467. The fourth-order valence-electron chi connectivity index (χ4n) is 2.38. The van der Waals surface area contributed by atoms with Crippen LogP contribution in [0.3, 0.4) is 0 Å². The van der Waals surface area contributed by atoms with E-state index in [1.165, 1.54) is 4.90 Å². The summed E-state index contributed by atoms with van der Waals surface area (Å²) in [5.74, 6) is -1.83. The largest absolute Gasteiger partial charge is 0.481 e. The Hall–Kier alpha value is -1.79. The smallest absolute Gasteiger partial charge is 0.319 e. The number of carboxylic acids is 1. The number of carbonyl (C=O) groups is 3. The predicted molar refractivity (Wildman–Crippen MR) is 66.5 cm³/mol. The van der Waals surface area contributed by atoms with E-state index in [0.29, 0.717) is 32.6 Å². The summed E-state index contributed by atoms with van der Waals surface area (Å²) in [4.78, 5) is 39.4. The van der Waals surface area contributed by atoms with Gasteiger partial charge in [0.25, 0.3) is 0 Å². The maximum absolute atomic E-state index is 12.0. The third-order valence-corrected chi connectivity index (χ3v) is 3.67. The van der Waals surface area contributed by atoms with Gasteiger partial charge in [-0.15, -0.1) is 0 Å². The highest BCUT2D eigenvalue weighted by Gasteiger charge is 2.50. The molecule has 0 radical (unpaired) electrons. The zero-order chi connectivity index (χ0) is 14.2. The average Bonchev–Trinajstić information content (AvgIpc) is 3.17. The summed E-state index contributed by atoms with van der Waals surface area (Å²) in [6, 6.07) is -0.0538. The number of urea groups is 1. The molecule has 19 heavy (non-hydrogen) atoms. The van der Waals surface area contributed by atoms with Crippen molar-refractivity contribution in [2.45, 2.75) is 6.42 Å². The third kappa shape index (κ3) is 2.80. The fourth-order valence-corrected chi connectivity index (χ4v) is 2.38. The van der Waals surface area contributed by atoms with Crippen LogP contribution in [0.5, 0.6) is 0 Å². The number of rotatable bonds is 2. The maximum atomic E-state index is 12.0. The van der Waals surface area contributed by atoms with E-state index in [1.807, 2.05) is 0 Å². The van der Waals surface area contributed by atoms with Crippen molar-refractivity contribution in [2.75, 3.05) is 40.3 Å². The van der Waals surface area contributed by atoms with Gasteiger partial charge in [0.05, 0.1) is 11.8 Å². The van der Waals surface area contributed by atoms with Crippen molar-refractivity contribution in [1.82, 2.24) is 14.7 Å². The van der Waals surface area contributed by atoms with Crippen LogP contribution in [-0.2, 0) is 9.59 Å². The number of carbonyl (C=O) groups excluding carboxylic acids is 2. The van der Waals surface area contributed by atoms with E-state index >= 15 is 0 Å². The molecule has 0 spiro atoms. The molecule has 3 amide bonds. The Morgan fingerprint density at radius 1 is 1.00 bits per heavy atom. The van der Waals surface area contributed by atoms with E-state index in [-0.39, 0.29) is 17.9 Å². The topological polar surface area (TPSA) is 81.2 Å². The number of amides is 3. The van der Waals surface area contributed by atoms with Gasteiger partial charge in [0.2, 0.25) is 5.91 Å². The minimum atomic E-state index is -0.889. The van der Waals surface area contributed by atoms with Gasteiger partial charge in [0, 0.05) is 40.3 Å². The number of carboxylic acid groups (broad SMARTS) is 1. The van der Waals surface area contributed by atoms with E-state index < -0.39 is 11.9 Å². The molecule has 1 N–H and O–H groups in total. The summed E-state index contributed by atoms with van der Waals surface area (Å²) in [6.45, 7) is 1.99. The first-order valence-corrected chi connectivity index (χ1v) is 6.39. The first-order valence-electron chi connectivity index (χ1n) is 6.39. The zero-order valence-electron chi connectivity index (χ0n) is 11.2.